The summed E-state index contributed by atoms with van der Waals surface area (Å²) in [5.74, 6) is -0.470. The standard InChI is InChI=1S/C21H26N2O2/c1-13(2)19(23-20(24)17-10-6-8-14(3)12-17)21(25)22-18-11-7-9-15(4)16(18)5/h6-13,19H,1-5H3,(H,22,25)(H,23,24). The van der Waals surface area contributed by atoms with Gasteiger partial charge in [-0.3, -0.25) is 9.59 Å². The van der Waals surface area contributed by atoms with Crippen molar-refractivity contribution in [3.63, 3.8) is 0 Å². The molecular weight excluding hydrogens is 312 g/mol. The average molecular weight is 338 g/mol. The molecule has 0 bridgehead atoms. The van der Waals surface area contributed by atoms with E-state index < -0.39 is 6.04 Å². The van der Waals surface area contributed by atoms with Gasteiger partial charge in [0, 0.05) is 11.3 Å². The van der Waals surface area contributed by atoms with Crippen molar-refractivity contribution in [2.45, 2.75) is 40.7 Å². The Morgan fingerprint density at radius 2 is 1.64 bits per heavy atom. The van der Waals surface area contributed by atoms with Gasteiger partial charge in [-0.25, -0.2) is 0 Å². The maximum absolute atomic E-state index is 12.7. The highest BCUT2D eigenvalue weighted by Crippen LogP contribution is 2.19. The van der Waals surface area contributed by atoms with E-state index >= 15 is 0 Å². The van der Waals surface area contributed by atoms with Gasteiger partial charge in [-0.1, -0.05) is 43.7 Å². The number of nitrogens with one attached hydrogen (secondary N) is 2. The molecule has 2 rings (SSSR count). The zero-order valence-electron chi connectivity index (χ0n) is 15.5. The highest BCUT2D eigenvalue weighted by atomic mass is 16.2. The Balaban J connectivity index is 2.15. The molecule has 0 aromatic heterocycles. The third-order valence-corrected chi connectivity index (χ3v) is 4.38. The summed E-state index contributed by atoms with van der Waals surface area (Å²) in [7, 11) is 0. The largest absolute Gasteiger partial charge is 0.340 e. The molecule has 2 aromatic carbocycles. The molecule has 4 nitrogen and oxygen atoms in total. The number of hydrogen-bond acceptors (Lipinski definition) is 2. The monoisotopic (exact) mass is 338 g/mol. The summed E-state index contributed by atoms with van der Waals surface area (Å²) in [5, 5.41) is 5.81. The van der Waals surface area contributed by atoms with Crippen LogP contribution in [0.3, 0.4) is 0 Å². The van der Waals surface area contributed by atoms with Crippen molar-refractivity contribution in [3.8, 4) is 0 Å². The molecule has 25 heavy (non-hydrogen) atoms. The number of anilines is 1. The summed E-state index contributed by atoms with van der Waals surface area (Å²) in [5.41, 5.74) is 4.49. The Labute approximate surface area is 149 Å². The number of rotatable bonds is 5. The third-order valence-electron chi connectivity index (χ3n) is 4.38. The van der Waals surface area contributed by atoms with Crippen LogP contribution in [0.2, 0.25) is 0 Å². The molecule has 0 saturated heterocycles. The van der Waals surface area contributed by atoms with Crippen molar-refractivity contribution in [1.82, 2.24) is 5.32 Å². The minimum atomic E-state index is -0.604. The average Bonchev–Trinajstić information content (AvgIpc) is 2.56. The van der Waals surface area contributed by atoms with Crippen molar-refractivity contribution in [2.24, 2.45) is 5.92 Å². The maximum Gasteiger partial charge on any atom is 0.251 e. The predicted molar refractivity (Wildman–Crippen MR) is 102 cm³/mol. The summed E-state index contributed by atoms with van der Waals surface area (Å²) >= 11 is 0. The molecule has 0 fully saturated rings. The first-order valence-corrected chi connectivity index (χ1v) is 8.54. The summed E-state index contributed by atoms with van der Waals surface area (Å²) in [4.78, 5) is 25.2. The molecule has 0 spiro atoms. The molecule has 0 aliphatic carbocycles. The zero-order valence-corrected chi connectivity index (χ0v) is 15.5. The molecular formula is C21H26N2O2. The molecule has 132 valence electrons. The molecule has 0 aliphatic heterocycles. The molecule has 2 amide bonds. The Hall–Kier alpha value is -2.62. The second-order valence-electron chi connectivity index (χ2n) is 6.80. The molecule has 0 radical (unpaired) electrons. The number of carbonyl (C=O) groups excluding carboxylic acids is 2. The fourth-order valence-electron chi connectivity index (χ4n) is 2.64. The van der Waals surface area contributed by atoms with E-state index in [4.69, 9.17) is 0 Å². The van der Waals surface area contributed by atoms with Crippen LogP contribution in [0.15, 0.2) is 42.5 Å². The van der Waals surface area contributed by atoms with E-state index in [0.717, 1.165) is 22.4 Å². The van der Waals surface area contributed by atoms with Crippen LogP contribution in [-0.4, -0.2) is 17.9 Å². The lowest BCUT2D eigenvalue weighted by Gasteiger charge is -2.22. The molecule has 1 unspecified atom stereocenters. The first kappa shape index (κ1) is 18.7. The van der Waals surface area contributed by atoms with E-state index in [9.17, 15) is 9.59 Å². The lowest BCUT2D eigenvalue weighted by atomic mass is 10.0. The van der Waals surface area contributed by atoms with Crippen LogP contribution >= 0.6 is 0 Å². The first-order valence-electron chi connectivity index (χ1n) is 8.54. The van der Waals surface area contributed by atoms with Gasteiger partial charge in [0.15, 0.2) is 0 Å². The lowest BCUT2D eigenvalue weighted by Crippen LogP contribution is -2.47. The summed E-state index contributed by atoms with van der Waals surface area (Å²) in [6, 6.07) is 12.5. The van der Waals surface area contributed by atoms with Crippen molar-refractivity contribution >= 4 is 17.5 Å². The van der Waals surface area contributed by atoms with Gasteiger partial charge in [-0.2, -0.15) is 0 Å². The van der Waals surface area contributed by atoms with E-state index in [1.807, 2.05) is 71.0 Å². The lowest BCUT2D eigenvalue weighted by molar-refractivity contribution is -0.118. The quantitative estimate of drug-likeness (QED) is 0.865. The Morgan fingerprint density at radius 1 is 0.960 bits per heavy atom. The molecule has 2 N–H and O–H groups in total. The van der Waals surface area contributed by atoms with Gasteiger partial charge in [-0.05, 0) is 56.0 Å². The molecule has 4 heteroatoms. The fraction of sp³-hybridized carbons (Fsp3) is 0.333. The van der Waals surface area contributed by atoms with Crippen molar-refractivity contribution in [3.05, 3.63) is 64.7 Å². The second-order valence-corrected chi connectivity index (χ2v) is 6.80. The number of carbonyl (C=O) groups is 2. The van der Waals surface area contributed by atoms with E-state index in [1.165, 1.54) is 0 Å². The van der Waals surface area contributed by atoms with E-state index in [0.29, 0.717) is 5.56 Å². The molecule has 0 saturated carbocycles. The van der Waals surface area contributed by atoms with Crippen LogP contribution in [0.25, 0.3) is 0 Å². The molecule has 1 atom stereocenters. The highest BCUT2D eigenvalue weighted by Gasteiger charge is 2.25. The minimum absolute atomic E-state index is 0.0288. The van der Waals surface area contributed by atoms with Crippen molar-refractivity contribution in [1.29, 1.82) is 0 Å². The van der Waals surface area contributed by atoms with Crippen LogP contribution in [0.5, 0.6) is 0 Å². The van der Waals surface area contributed by atoms with Gasteiger partial charge in [0.25, 0.3) is 5.91 Å². The predicted octanol–water partition coefficient (Wildman–Crippen LogP) is 4.00. The maximum atomic E-state index is 12.7. The fourth-order valence-corrected chi connectivity index (χ4v) is 2.64. The van der Waals surface area contributed by atoms with Crippen molar-refractivity contribution in [2.75, 3.05) is 5.32 Å². The molecule has 2 aromatic rings. The number of amides is 2. The van der Waals surface area contributed by atoms with Gasteiger partial charge < -0.3 is 10.6 Å². The van der Waals surface area contributed by atoms with Crippen molar-refractivity contribution < 1.29 is 9.59 Å². The van der Waals surface area contributed by atoms with Crippen LogP contribution < -0.4 is 10.6 Å². The van der Waals surface area contributed by atoms with E-state index in [1.54, 1.807) is 6.07 Å². The second kappa shape index (κ2) is 7.97. The number of aryl methyl sites for hydroxylation is 2. The smallest absolute Gasteiger partial charge is 0.251 e. The van der Waals surface area contributed by atoms with Crippen LogP contribution in [0, 0.1) is 26.7 Å². The van der Waals surface area contributed by atoms with Gasteiger partial charge >= 0.3 is 0 Å². The van der Waals surface area contributed by atoms with Crippen LogP contribution in [-0.2, 0) is 4.79 Å². The summed E-state index contributed by atoms with van der Waals surface area (Å²) in [6.07, 6.45) is 0. The number of benzene rings is 2. The van der Waals surface area contributed by atoms with Gasteiger partial charge in [0.1, 0.15) is 6.04 Å². The summed E-state index contributed by atoms with van der Waals surface area (Å²) < 4.78 is 0. The Morgan fingerprint density at radius 3 is 2.28 bits per heavy atom. The van der Waals surface area contributed by atoms with Crippen LogP contribution in [0.1, 0.15) is 40.9 Å². The van der Waals surface area contributed by atoms with Crippen LogP contribution in [0.4, 0.5) is 5.69 Å². The van der Waals surface area contributed by atoms with Gasteiger partial charge in [0.2, 0.25) is 5.91 Å². The third kappa shape index (κ3) is 4.69. The Bertz CT molecular complexity index is 781. The van der Waals surface area contributed by atoms with E-state index in [-0.39, 0.29) is 17.7 Å². The molecule has 0 aliphatic rings. The SMILES string of the molecule is Cc1cccc(C(=O)NC(C(=O)Nc2cccc(C)c2C)C(C)C)c1. The van der Waals surface area contributed by atoms with Gasteiger partial charge in [0.05, 0.1) is 0 Å². The van der Waals surface area contributed by atoms with Gasteiger partial charge in [-0.15, -0.1) is 0 Å². The zero-order chi connectivity index (χ0) is 18.6. The Kier molecular flexibility index (Phi) is 5.97. The number of hydrogen-bond donors (Lipinski definition) is 2. The minimum Gasteiger partial charge on any atom is -0.340 e. The first-order chi connectivity index (χ1) is 11.8. The summed E-state index contributed by atoms with van der Waals surface area (Å²) in [6.45, 7) is 9.75. The normalized spacial score (nSPS) is 11.9. The van der Waals surface area contributed by atoms with E-state index in [2.05, 4.69) is 10.6 Å². The highest BCUT2D eigenvalue weighted by molar-refractivity contribution is 6.01. The molecule has 0 heterocycles. The topological polar surface area (TPSA) is 58.2 Å².